The number of thioether (sulfide) groups is 1. The average molecular weight is 572 g/mol. The Morgan fingerprint density at radius 1 is 1.29 bits per heavy atom. The summed E-state index contributed by atoms with van der Waals surface area (Å²) in [6.07, 6.45) is 7.86. The van der Waals surface area contributed by atoms with Crippen LogP contribution in [0.5, 0.6) is 0 Å². The fourth-order valence-electron chi connectivity index (χ4n) is 5.86. The minimum Gasteiger partial charge on any atom is -0.465 e. The first-order valence-corrected chi connectivity index (χ1v) is 14.5. The number of ether oxygens (including phenoxy) is 1. The molecule has 2 bridgehead atoms. The number of unbranched alkanes of at least 4 members (excludes halogenated alkanes) is 3. The molecule has 0 aliphatic carbocycles. The largest absolute Gasteiger partial charge is 0.465 e. The van der Waals surface area contributed by atoms with Gasteiger partial charge in [0.05, 0.1) is 23.2 Å². The van der Waals surface area contributed by atoms with Gasteiger partial charge < -0.3 is 19.6 Å². The van der Waals surface area contributed by atoms with Crippen molar-refractivity contribution in [2.45, 2.75) is 79.3 Å². The van der Waals surface area contributed by atoms with Gasteiger partial charge in [0.25, 0.3) is 0 Å². The van der Waals surface area contributed by atoms with E-state index in [2.05, 4.69) is 29.1 Å². The molecular formula is C26H39BrN2O5S. The number of aliphatic hydroxyl groups is 1. The van der Waals surface area contributed by atoms with Gasteiger partial charge in [-0.05, 0) is 39.5 Å². The lowest BCUT2D eigenvalue weighted by Gasteiger charge is -2.39. The number of esters is 1. The predicted octanol–water partition coefficient (Wildman–Crippen LogP) is 3.55. The van der Waals surface area contributed by atoms with Crippen molar-refractivity contribution in [3.05, 3.63) is 25.3 Å². The van der Waals surface area contributed by atoms with Crippen LogP contribution in [0.4, 0.5) is 0 Å². The summed E-state index contributed by atoms with van der Waals surface area (Å²) < 4.78 is 4.90. The number of hydrogen-bond donors (Lipinski definition) is 1. The van der Waals surface area contributed by atoms with Gasteiger partial charge in [-0.1, -0.05) is 40.9 Å². The maximum atomic E-state index is 14.1. The standard InChI is InChI=1S/C26H39BrN2O5S/c1-5-7-15-34-25(33)19-20-23(31)29(13-10-8-9-11-14-30)22(24(32)28(12-6-2)17(3)4)26(20)16-18(27)21(19)35-26/h5-6,17-22,30H,1-2,7-16H2,3-4H3/t18?,19-,20+,21-,22?,26?/m1/s1. The third kappa shape index (κ3) is 5.37. The van der Waals surface area contributed by atoms with E-state index in [0.29, 0.717) is 25.9 Å². The molecule has 0 aromatic rings. The van der Waals surface area contributed by atoms with Gasteiger partial charge in [-0.2, -0.15) is 0 Å². The van der Waals surface area contributed by atoms with Crippen molar-refractivity contribution in [1.29, 1.82) is 0 Å². The maximum absolute atomic E-state index is 14.1. The smallest absolute Gasteiger partial charge is 0.310 e. The number of aliphatic hydroxyl groups excluding tert-OH is 1. The van der Waals surface area contributed by atoms with E-state index in [4.69, 9.17) is 9.84 Å². The molecule has 0 saturated carbocycles. The maximum Gasteiger partial charge on any atom is 0.310 e. The van der Waals surface area contributed by atoms with E-state index in [0.717, 1.165) is 25.7 Å². The molecule has 3 rings (SSSR count). The number of nitrogens with zero attached hydrogens (tertiary/aromatic N) is 2. The highest BCUT2D eigenvalue weighted by Crippen LogP contribution is 2.68. The molecule has 0 aromatic heterocycles. The number of carbonyl (C=O) groups excluding carboxylic acids is 3. The summed E-state index contributed by atoms with van der Waals surface area (Å²) >= 11 is 5.41. The normalized spacial score (nSPS) is 31.1. The van der Waals surface area contributed by atoms with Gasteiger partial charge in [0, 0.05) is 35.8 Å². The Labute approximate surface area is 221 Å². The third-order valence-corrected chi connectivity index (χ3v) is 10.6. The van der Waals surface area contributed by atoms with Crippen LogP contribution in [0.15, 0.2) is 25.3 Å². The summed E-state index contributed by atoms with van der Waals surface area (Å²) in [6, 6.07) is -0.665. The van der Waals surface area contributed by atoms with Gasteiger partial charge in [0.1, 0.15) is 6.04 Å². The first-order chi connectivity index (χ1) is 16.7. The third-order valence-electron chi connectivity index (χ3n) is 7.40. The fourth-order valence-corrected chi connectivity index (χ4v) is 9.45. The molecule has 6 atom stereocenters. The second-order valence-corrected chi connectivity index (χ2v) is 12.7. The minimum atomic E-state index is -0.658. The summed E-state index contributed by atoms with van der Waals surface area (Å²) in [5, 5.41) is 8.98. The molecule has 3 aliphatic heterocycles. The summed E-state index contributed by atoms with van der Waals surface area (Å²) in [5.41, 5.74) is 0. The number of rotatable bonds is 14. The average Bonchev–Trinajstić information content (AvgIpc) is 3.40. The van der Waals surface area contributed by atoms with E-state index in [9.17, 15) is 14.4 Å². The number of fused-ring (bicyclic) bond motifs is 1. The van der Waals surface area contributed by atoms with E-state index in [1.165, 1.54) is 0 Å². The molecule has 3 aliphatic rings. The van der Waals surface area contributed by atoms with E-state index in [-0.39, 0.29) is 47.1 Å². The topological polar surface area (TPSA) is 87.2 Å². The monoisotopic (exact) mass is 570 g/mol. The second-order valence-electron chi connectivity index (χ2n) is 9.95. The van der Waals surface area contributed by atoms with E-state index in [1.54, 1.807) is 33.7 Å². The highest BCUT2D eigenvalue weighted by Gasteiger charge is 2.76. The highest BCUT2D eigenvalue weighted by molar-refractivity contribution is 9.09. The Morgan fingerprint density at radius 3 is 2.63 bits per heavy atom. The van der Waals surface area contributed by atoms with Gasteiger partial charge >= 0.3 is 5.97 Å². The van der Waals surface area contributed by atoms with Crippen LogP contribution in [0.3, 0.4) is 0 Å². The molecule has 35 heavy (non-hydrogen) atoms. The Hall–Kier alpha value is -1.32. The van der Waals surface area contributed by atoms with Gasteiger partial charge in [-0.3, -0.25) is 14.4 Å². The number of hydrogen-bond acceptors (Lipinski definition) is 6. The summed E-state index contributed by atoms with van der Waals surface area (Å²) in [7, 11) is 0. The molecule has 9 heteroatoms. The number of halogens is 1. The van der Waals surface area contributed by atoms with E-state index < -0.39 is 22.6 Å². The van der Waals surface area contributed by atoms with E-state index >= 15 is 0 Å². The van der Waals surface area contributed by atoms with Crippen LogP contribution in [0.25, 0.3) is 0 Å². The highest BCUT2D eigenvalue weighted by atomic mass is 79.9. The molecule has 0 radical (unpaired) electrons. The zero-order chi connectivity index (χ0) is 25.8. The Morgan fingerprint density at radius 2 is 2.00 bits per heavy atom. The molecular weight excluding hydrogens is 532 g/mol. The van der Waals surface area contributed by atoms with Gasteiger partial charge in [-0.15, -0.1) is 24.9 Å². The zero-order valence-electron chi connectivity index (χ0n) is 20.9. The summed E-state index contributed by atoms with van der Waals surface area (Å²) in [4.78, 5) is 44.8. The Kier molecular flexibility index (Phi) is 9.91. The van der Waals surface area contributed by atoms with Crippen LogP contribution in [0.2, 0.25) is 0 Å². The number of carbonyl (C=O) groups is 3. The number of alkyl halides is 1. The van der Waals surface area contributed by atoms with Crippen molar-refractivity contribution in [1.82, 2.24) is 9.80 Å². The number of amides is 2. The lowest BCUT2D eigenvalue weighted by molar-refractivity contribution is -0.154. The van der Waals surface area contributed by atoms with Crippen molar-refractivity contribution >= 4 is 45.5 Å². The fraction of sp³-hybridized carbons (Fsp3) is 0.731. The van der Waals surface area contributed by atoms with Crippen LogP contribution in [0.1, 0.15) is 52.4 Å². The minimum absolute atomic E-state index is 0.0280. The summed E-state index contributed by atoms with van der Waals surface area (Å²) in [5.74, 6) is -1.66. The first kappa shape index (κ1) is 28.3. The molecule has 1 spiro atoms. The molecule has 7 nitrogen and oxygen atoms in total. The van der Waals surface area contributed by atoms with Crippen molar-refractivity contribution in [2.75, 3.05) is 26.3 Å². The quantitative estimate of drug-likeness (QED) is 0.149. The lowest BCUT2D eigenvalue weighted by Crippen LogP contribution is -2.56. The molecule has 3 fully saturated rings. The molecule has 3 unspecified atom stereocenters. The second kappa shape index (κ2) is 12.3. The van der Waals surface area contributed by atoms with Crippen LogP contribution in [-0.2, 0) is 19.1 Å². The van der Waals surface area contributed by atoms with E-state index in [1.807, 2.05) is 13.8 Å². The molecule has 1 N–H and O–H groups in total. The van der Waals surface area contributed by atoms with Crippen molar-refractivity contribution in [3.8, 4) is 0 Å². The predicted molar refractivity (Wildman–Crippen MR) is 142 cm³/mol. The molecule has 3 saturated heterocycles. The molecule has 196 valence electrons. The Bertz CT molecular complexity index is 824. The number of likely N-dealkylation sites (tertiary alicyclic amines) is 1. The molecule has 0 aromatic carbocycles. The Balaban J connectivity index is 1.95. The van der Waals surface area contributed by atoms with Crippen molar-refractivity contribution in [2.24, 2.45) is 11.8 Å². The first-order valence-electron chi connectivity index (χ1n) is 12.7. The SMILES string of the molecule is C=CCCOC(=O)[C@H]1[C@@H]2SC3(CC2Br)C(C(=O)N(CC=C)C(C)C)N(CCCCCCO)C(=O)[C@H]13. The van der Waals surface area contributed by atoms with Crippen LogP contribution >= 0.6 is 27.7 Å². The molecule has 3 heterocycles. The van der Waals surface area contributed by atoms with Crippen LogP contribution in [0, 0.1) is 11.8 Å². The van der Waals surface area contributed by atoms with Crippen molar-refractivity contribution in [3.63, 3.8) is 0 Å². The van der Waals surface area contributed by atoms with Crippen LogP contribution in [-0.4, -0.2) is 85.9 Å². The lowest BCUT2D eigenvalue weighted by atomic mass is 9.71. The van der Waals surface area contributed by atoms with Crippen LogP contribution < -0.4 is 0 Å². The van der Waals surface area contributed by atoms with Gasteiger partial charge in [-0.25, -0.2) is 0 Å². The van der Waals surface area contributed by atoms with Crippen molar-refractivity contribution < 1.29 is 24.2 Å². The van der Waals surface area contributed by atoms with Gasteiger partial charge in [0.2, 0.25) is 11.8 Å². The zero-order valence-corrected chi connectivity index (χ0v) is 23.3. The molecule has 2 amide bonds. The summed E-state index contributed by atoms with van der Waals surface area (Å²) in [6.45, 7) is 12.7. The van der Waals surface area contributed by atoms with Gasteiger partial charge in [0.15, 0.2) is 0 Å².